The van der Waals surface area contributed by atoms with Gasteiger partial charge in [-0.15, -0.1) is 12.4 Å². The van der Waals surface area contributed by atoms with Gasteiger partial charge in [-0.1, -0.05) is 122 Å². The maximum absolute atomic E-state index is 4.56. The molecule has 0 aromatic rings. The molecular formula is C48H89ClN8Zn. The first-order valence-electron chi connectivity index (χ1n) is 24.4. The van der Waals surface area contributed by atoms with Crippen LogP contribution in [0.25, 0.3) is 0 Å². The van der Waals surface area contributed by atoms with Gasteiger partial charge in [0.25, 0.3) is 0 Å². The molecule has 330 valence electrons. The van der Waals surface area contributed by atoms with Crippen molar-refractivity contribution in [3.8, 4) is 0 Å². The third-order valence-corrected chi connectivity index (χ3v) is 18.3. The Morgan fingerprint density at radius 2 is 0.448 bits per heavy atom. The summed E-state index contributed by atoms with van der Waals surface area (Å²) >= 11 is 0. The van der Waals surface area contributed by atoms with Crippen LogP contribution < -0.4 is 42.5 Å². The molecule has 5 aliphatic heterocycles. The average molecular weight is 879 g/mol. The molecule has 4 saturated carbocycles. The molecule has 0 aromatic carbocycles. The molecule has 0 radical (unpaired) electrons. The summed E-state index contributed by atoms with van der Waals surface area (Å²) in [6.45, 7) is 31.2. The Kier molecular flexibility index (Phi) is 13.5. The molecule has 0 amide bonds. The number of halogens is 1. The van der Waals surface area contributed by atoms with Gasteiger partial charge in [-0.05, 0) is 131 Å². The van der Waals surface area contributed by atoms with Crippen molar-refractivity contribution in [1.82, 2.24) is 42.5 Å². The van der Waals surface area contributed by atoms with E-state index in [-0.39, 0.29) is 65.9 Å². The summed E-state index contributed by atoms with van der Waals surface area (Å²) in [4.78, 5) is 0. The van der Waals surface area contributed by atoms with Crippen LogP contribution in [0.2, 0.25) is 0 Å². The van der Waals surface area contributed by atoms with Crippen LogP contribution in [0, 0.1) is 92.7 Å². The molecule has 8 bridgehead atoms. The van der Waals surface area contributed by atoms with Crippen molar-refractivity contribution in [2.75, 3.05) is 0 Å². The van der Waals surface area contributed by atoms with E-state index in [1.807, 2.05) is 0 Å². The Balaban J connectivity index is 0.00000256. The minimum atomic E-state index is 0. The Morgan fingerprint density at radius 3 is 0.638 bits per heavy atom. The van der Waals surface area contributed by atoms with Gasteiger partial charge < -0.3 is 0 Å². The van der Waals surface area contributed by atoms with Crippen molar-refractivity contribution in [1.29, 1.82) is 0 Å². The average Bonchev–Trinajstić information content (AvgIpc) is 3.84. The van der Waals surface area contributed by atoms with Gasteiger partial charge in [0.1, 0.15) is 0 Å². The third-order valence-electron chi connectivity index (χ3n) is 18.3. The molecule has 9 rings (SSSR count). The summed E-state index contributed by atoms with van der Waals surface area (Å²) in [6.07, 6.45) is 18.9. The van der Waals surface area contributed by atoms with E-state index in [1.54, 1.807) is 0 Å². The summed E-state index contributed by atoms with van der Waals surface area (Å²) in [6, 6.07) is 0. The number of hydrogen-bond acceptors (Lipinski definition) is 8. The maximum atomic E-state index is 4.56. The minimum absolute atomic E-state index is 0. The summed E-state index contributed by atoms with van der Waals surface area (Å²) in [5.41, 5.74) is 0.712. The maximum Gasteiger partial charge on any atom is 0.0631 e. The summed E-state index contributed by atoms with van der Waals surface area (Å²) < 4.78 is 0. The van der Waals surface area contributed by atoms with Gasteiger partial charge in [-0.2, -0.15) is 0 Å². The molecule has 0 aromatic heterocycles. The number of hydrogen-bond donors (Lipinski definition) is 8. The third kappa shape index (κ3) is 8.25. The monoisotopic (exact) mass is 877 g/mol. The summed E-state index contributed by atoms with van der Waals surface area (Å²) in [5.74, 6) is 7.49. The van der Waals surface area contributed by atoms with E-state index in [2.05, 4.69) is 126 Å². The smallest absolute Gasteiger partial charge is 0.0631 e. The molecule has 58 heavy (non-hydrogen) atoms. The van der Waals surface area contributed by atoms with Crippen molar-refractivity contribution in [2.45, 2.75) is 209 Å². The predicted molar refractivity (Wildman–Crippen MR) is 238 cm³/mol. The van der Waals surface area contributed by atoms with Crippen LogP contribution >= 0.6 is 12.4 Å². The normalized spacial score (nSPS) is 49.4. The fourth-order valence-electron chi connectivity index (χ4n) is 16.6. The number of rotatable bonds is 0. The van der Waals surface area contributed by atoms with Gasteiger partial charge >= 0.3 is 0 Å². The van der Waals surface area contributed by atoms with Crippen molar-refractivity contribution in [3.05, 3.63) is 0 Å². The van der Waals surface area contributed by atoms with Crippen molar-refractivity contribution in [2.24, 2.45) is 92.7 Å². The largest absolute Gasteiger partial charge is 0.286 e. The molecule has 4 aliphatic carbocycles. The van der Waals surface area contributed by atoms with E-state index < -0.39 is 0 Å². The first kappa shape index (κ1) is 46.6. The molecule has 20 atom stereocenters. The van der Waals surface area contributed by atoms with Gasteiger partial charge in [0, 0.05) is 19.5 Å². The second-order valence-corrected chi connectivity index (χ2v) is 25.7. The molecule has 9 aliphatic rings. The zero-order valence-electron chi connectivity index (χ0n) is 39.1. The van der Waals surface area contributed by atoms with E-state index in [1.165, 1.54) is 77.0 Å². The summed E-state index contributed by atoms with van der Waals surface area (Å²) in [7, 11) is 0. The standard InChI is InChI=1S/C48H88N8.ClH.Zn/c1-45(2,3)33-31-32(34(46(4,5)6)36(48(10,11)12)35(33)47(7,8)9)44-55-42-30-24-18-16-22-28(30)40(53-42)51-38-26-20-14-13-19-25(26)37(49-38)50-39-27-21-15-17-23-29(27)41(52-39)54-43(31)56-44;;/h25-44,49-56H,13-24H2,1-12H3;1H;. The molecule has 9 fully saturated rings. The van der Waals surface area contributed by atoms with Gasteiger partial charge in [0.05, 0.1) is 49.3 Å². The first-order chi connectivity index (χ1) is 26.3. The fraction of sp³-hybridized carbons (Fsp3) is 1.00. The molecule has 0 spiro atoms. The van der Waals surface area contributed by atoms with E-state index >= 15 is 0 Å². The van der Waals surface area contributed by atoms with Gasteiger partial charge in [0.15, 0.2) is 0 Å². The molecule has 8 N–H and O–H groups in total. The SMILES string of the molecule is CC(C)(C)C1C2C3NC4NC(NC5NC(NC6NC(NC(N3)C2C(C(C)(C)C)C(C(C)(C)C)C1C(C)(C)C)C1CCCCC61)C1CCCCC51)C1CCCCC41.Cl.[Zn]. The minimum Gasteiger partial charge on any atom is -0.286 e. The van der Waals surface area contributed by atoms with Crippen molar-refractivity contribution < 1.29 is 19.5 Å². The second-order valence-electron chi connectivity index (χ2n) is 25.7. The molecule has 5 saturated heterocycles. The van der Waals surface area contributed by atoms with E-state index in [0.29, 0.717) is 108 Å². The van der Waals surface area contributed by atoms with Crippen LogP contribution in [0.15, 0.2) is 0 Å². The summed E-state index contributed by atoms with van der Waals surface area (Å²) in [5, 5.41) is 35.4. The van der Waals surface area contributed by atoms with E-state index in [9.17, 15) is 0 Å². The number of nitrogens with one attached hydrogen (secondary N) is 8. The van der Waals surface area contributed by atoms with Gasteiger partial charge in [-0.25, -0.2) is 0 Å². The number of fused-ring (bicyclic) bond motifs is 20. The topological polar surface area (TPSA) is 96.2 Å². The first-order valence-corrected chi connectivity index (χ1v) is 24.4. The zero-order chi connectivity index (χ0) is 39.7. The van der Waals surface area contributed by atoms with Crippen LogP contribution in [-0.2, 0) is 19.5 Å². The van der Waals surface area contributed by atoms with Crippen LogP contribution in [0.3, 0.4) is 0 Å². The van der Waals surface area contributed by atoms with Crippen LogP contribution in [-0.4, -0.2) is 49.3 Å². The fourth-order valence-corrected chi connectivity index (χ4v) is 16.6. The van der Waals surface area contributed by atoms with E-state index in [0.717, 1.165) is 0 Å². The van der Waals surface area contributed by atoms with Crippen LogP contribution in [0.1, 0.15) is 160 Å². The van der Waals surface area contributed by atoms with Gasteiger partial charge in [-0.3, -0.25) is 42.5 Å². The Morgan fingerprint density at radius 1 is 0.276 bits per heavy atom. The molecule has 20 unspecified atom stereocenters. The zero-order valence-corrected chi connectivity index (χ0v) is 42.9. The molecule has 10 heteroatoms. The molecule has 5 heterocycles. The Bertz CT molecular complexity index is 1300. The second kappa shape index (κ2) is 16.9. The van der Waals surface area contributed by atoms with Gasteiger partial charge in [0.2, 0.25) is 0 Å². The molecular weight excluding hydrogens is 789 g/mol. The van der Waals surface area contributed by atoms with E-state index in [4.69, 9.17) is 0 Å². The predicted octanol–water partition coefficient (Wildman–Crippen LogP) is 8.11. The quantitative estimate of drug-likeness (QED) is 0.116. The Hall–Kier alpha value is 0.593. The van der Waals surface area contributed by atoms with Crippen LogP contribution in [0.5, 0.6) is 0 Å². The Labute approximate surface area is 374 Å². The van der Waals surface area contributed by atoms with Crippen LogP contribution in [0.4, 0.5) is 0 Å². The van der Waals surface area contributed by atoms with Crippen molar-refractivity contribution in [3.63, 3.8) is 0 Å². The van der Waals surface area contributed by atoms with Crippen molar-refractivity contribution >= 4 is 12.4 Å². The molecule has 8 nitrogen and oxygen atoms in total.